The van der Waals surface area contributed by atoms with Gasteiger partial charge in [0.15, 0.2) is 0 Å². The van der Waals surface area contributed by atoms with E-state index in [1.165, 1.54) is 11.1 Å². The van der Waals surface area contributed by atoms with Gasteiger partial charge in [-0.25, -0.2) is 0 Å². The fourth-order valence-corrected chi connectivity index (χ4v) is 2.38. The molecule has 19 heavy (non-hydrogen) atoms. The van der Waals surface area contributed by atoms with E-state index >= 15 is 0 Å². The number of aromatic nitrogens is 1. The Bertz CT molecular complexity index is 692. The second-order valence-corrected chi connectivity index (χ2v) is 5.10. The van der Waals surface area contributed by atoms with Crippen LogP contribution >= 0.6 is 11.6 Å². The van der Waals surface area contributed by atoms with Gasteiger partial charge in [-0.2, -0.15) is 0 Å². The van der Waals surface area contributed by atoms with Crippen LogP contribution in [0.25, 0.3) is 10.9 Å². The summed E-state index contributed by atoms with van der Waals surface area (Å²) in [6.45, 7) is 0. The first-order chi connectivity index (χ1) is 9.31. The first-order valence-electron chi connectivity index (χ1n) is 6.39. The van der Waals surface area contributed by atoms with Crippen molar-refractivity contribution in [1.29, 1.82) is 0 Å². The molecule has 1 nitrogen and oxygen atoms in total. The number of hydrogen-bond donors (Lipinski definition) is 0. The zero-order chi connectivity index (χ0) is 13.1. The molecule has 94 valence electrons. The van der Waals surface area contributed by atoms with Crippen LogP contribution in [0, 0.1) is 0 Å². The minimum atomic E-state index is 0.733. The molecule has 0 unspecified atom stereocenters. The highest BCUT2D eigenvalue weighted by molar-refractivity contribution is 6.31. The van der Waals surface area contributed by atoms with Crippen LogP contribution < -0.4 is 0 Å². The third-order valence-electron chi connectivity index (χ3n) is 3.25. The van der Waals surface area contributed by atoms with Gasteiger partial charge in [0.25, 0.3) is 0 Å². The standard InChI is InChI=1S/C17H14ClN/c18-16-9-8-15-10-14(12-19-17(15)11-16)7-6-13-4-2-1-3-5-13/h1-5,8-12H,6-7H2. The fourth-order valence-electron chi connectivity index (χ4n) is 2.21. The lowest BCUT2D eigenvalue weighted by Crippen LogP contribution is -1.92. The van der Waals surface area contributed by atoms with Crippen molar-refractivity contribution in [1.82, 2.24) is 4.98 Å². The van der Waals surface area contributed by atoms with Crippen LogP contribution in [0.4, 0.5) is 0 Å². The lowest BCUT2D eigenvalue weighted by molar-refractivity contribution is 0.955. The Morgan fingerprint density at radius 2 is 1.63 bits per heavy atom. The Kier molecular flexibility index (Phi) is 3.47. The minimum Gasteiger partial charge on any atom is -0.256 e. The molecule has 0 fully saturated rings. The predicted molar refractivity (Wildman–Crippen MR) is 80.6 cm³/mol. The number of fused-ring (bicyclic) bond motifs is 1. The second-order valence-electron chi connectivity index (χ2n) is 4.67. The Labute approximate surface area is 117 Å². The topological polar surface area (TPSA) is 12.9 Å². The van der Waals surface area contributed by atoms with Crippen LogP contribution in [0.5, 0.6) is 0 Å². The molecule has 0 N–H and O–H groups in total. The van der Waals surface area contributed by atoms with Gasteiger partial charge in [-0.15, -0.1) is 0 Å². The Hall–Kier alpha value is -1.86. The van der Waals surface area contributed by atoms with Crippen molar-refractivity contribution in [2.24, 2.45) is 0 Å². The number of nitrogens with zero attached hydrogens (tertiary/aromatic N) is 1. The summed E-state index contributed by atoms with van der Waals surface area (Å²) in [7, 11) is 0. The quantitative estimate of drug-likeness (QED) is 0.672. The lowest BCUT2D eigenvalue weighted by atomic mass is 10.0. The van der Waals surface area contributed by atoms with Crippen LogP contribution in [-0.4, -0.2) is 4.98 Å². The van der Waals surface area contributed by atoms with Gasteiger partial charge in [0.2, 0.25) is 0 Å². The summed E-state index contributed by atoms with van der Waals surface area (Å²) in [5.74, 6) is 0. The molecule has 3 rings (SSSR count). The summed E-state index contributed by atoms with van der Waals surface area (Å²) >= 11 is 5.96. The summed E-state index contributed by atoms with van der Waals surface area (Å²) in [4.78, 5) is 4.47. The highest BCUT2D eigenvalue weighted by Gasteiger charge is 2.00. The van der Waals surface area contributed by atoms with Crippen LogP contribution in [0.2, 0.25) is 5.02 Å². The summed E-state index contributed by atoms with van der Waals surface area (Å²) < 4.78 is 0. The first kappa shape index (κ1) is 12.2. The normalized spacial score (nSPS) is 10.8. The van der Waals surface area contributed by atoms with E-state index < -0.39 is 0 Å². The highest BCUT2D eigenvalue weighted by Crippen LogP contribution is 2.19. The molecule has 1 aromatic heterocycles. The average Bonchev–Trinajstić information content (AvgIpc) is 2.46. The summed E-state index contributed by atoms with van der Waals surface area (Å²) in [6.07, 6.45) is 4.00. The Morgan fingerprint density at radius 1 is 0.842 bits per heavy atom. The summed E-state index contributed by atoms with van der Waals surface area (Å²) in [5.41, 5.74) is 3.58. The van der Waals surface area contributed by atoms with Crippen molar-refractivity contribution in [3.63, 3.8) is 0 Å². The van der Waals surface area contributed by atoms with Crippen LogP contribution in [0.1, 0.15) is 11.1 Å². The maximum absolute atomic E-state index is 5.96. The minimum absolute atomic E-state index is 0.733. The molecule has 0 atom stereocenters. The fraction of sp³-hybridized carbons (Fsp3) is 0.118. The molecule has 0 saturated heterocycles. The molecular formula is C17H14ClN. The third kappa shape index (κ3) is 2.94. The van der Waals surface area contributed by atoms with E-state index in [1.807, 2.05) is 30.5 Å². The molecule has 0 spiro atoms. The third-order valence-corrected chi connectivity index (χ3v) is 3.48. The van der Waals surface area contributed by atoms with Crippen LogP contribution in [-0.2, 0) is 12.8 Å². The van der Waals surface area contributed by atoms with Crippen molar-refractivity contribution in [3.05, 3.63) is 76.9 Å². The average molecular weight is 268 g/mol. The number of aryl methyl sites for hydroxylation is 2. The van der Waals surface area contributed by atoms with Gasteiger partial charge < -0.3 is 0 Å². The van der Waals surface area contributed by atoms with Crippen LogP contribution in [0.15, 0.2) is 60.8 Å². The molecule has 0 aliphatic carbocycles. The number of hydrogen-bond acceptors (Lipinski definition) is 1. The molecule has 2 aromatic carbocycles. The Morgan fingerprint density at radius 3 is 2.47 bits per heavy atom. The molecular weight excluding hydrogens is 254 g/mol. The number of halogens is 1. The van der Waals surface area contributed by atoms with E-state index in [1.54, 1.807) is 0 Å². The zero-order valence-corrected chi connectivity index (χ0v) is 11.3. The second kappa shape index (κ2) is 5.41. The molecule has 1 heterocycles. The SMILES string of the molecule is Clc1ccc2cc(CCc3ccccc3)cnc2c1. The van der Waals surface area contributed by atoms with Crippen LogP contribution in [0.3, 0.4) is 0 Å². The largest absolute Gasteiger partial charge is 0.256 e. The van der Waals surface area contributed by atoms with Gasteiger partial charge in [0.1, 0.15) is 0 Å². The van der Waals surface area contributed by atoms with Crippen molar-refractivity contribution < 1.29 is 0 Å². The maximum atomic E-state index is 5.96. The van der Waals surface area contributed by atoms with Gasteiger partial charge in [0.05, 0.1) is 5.52 Å². The van der Waals surface area contributed by atoms with Gasteiger partial charge in [-0.3, -0.25) is 4.98 Å². The van der Waals surface area contributed by atoms with Crippen molar-refractivity contribution in [3.8, 4) is 0 Å². The van der Waals surface area contributed by atoms with Crippen molar-refractivity contribution in [2.75, 3.05) is 0 Å². The van der Waals surface area contributed by atoms with E-state index in [0.29, 0.717) is 0 Å². The lowest BCUT2D eigenvalue weighted by Gasteiger charge is -2.04. The maximum Gasteiger partial charge on any atom is 0.0716 e. The molecule has 0 aliphatic rings. The molecule has 0 saturated carbocycles. The summed E-state index contributed by atoms with van der Waals surface area (Å²) in [6, 6.07) is 18.6. The summed E-state index contributed by atoms with van der Waals surface area (Å²) in [5, 5.41) is 1.88. The highest BCUT2D eigenvalue weighted by atomic mass is 35.5. The smallest absolute Gasteiger partial charge is 0.0716 e. The van der Waals surface area contributed by atoms with Gasteiger partial charge >= 0.3 is 0 Å². The molecule has 2 heteroatoms. The van der Waals surface area contributed by atoms with E-state index in [9.17, 15) is 0 Å². The van der Waals surface area contributed by atoms with E-state index in [4.69, 9.17) is 11.6 Å². The van der Waals surface area contributed by atoms with Crippen molar-refractivity contribution >= 4 is 22.5 Å². The monoisotopic (exact) mass is 267 g/mol. The molecule has 0 aliphatic heterocycles. The van der Waals surface area contributed by atoms with E-state index in [2.05, 4.69) is 35.3 Å². The molecule has 0 amide bonds. The van der Waals surface area contributed by atoms with Crippen molar-refractivity contribution in [2.45, 2.75) is 12.8 Å². The van der Waals surface area contributed by atoms with Gasteiger partial charge in [-0.05, 0) is 42.2 Å². The molecule has 0 radical (unpaired) electrons. The number of benzene rings is 2. The Balaban J connectivity index is 1.80. The number of rotatable bonds is 3. The van der Waals surface area contributed by atoms with Gasteiger partial charge in [0, 0.05) is 16.6 Å². The molecule has 0 bridgehead atoms. The number of pyridine rings is 1. The van der Waals surface area contributed by atoms with E-state index in [0.717, 1.165) is 28.8 Å². The molecule has 3 aromatic rings. The predicted octanol–water partition coefficient (Wildman–Crippen LogP) is 4.67. The van der Waals surface area contributed by atoms with Gasteiger partial charge in [-0.1, -0.05) is 48.0 Å². The zero-order valence-electron chi connectivity index (χ0n) is 10.5. The van der Waals surface area contributed by atoms with E-state index in [-0.39, 0.29) is 0 Å². The first-order valence-corrected chi connectivity index (χ1v) is 6.77.